The van der Waals surface area contributed by atoms with Crippen molar-refractivity contribution in [2.75, 3.05) is 5.94 Å². The van der Waals surface area contributed by atoms with Crippen LogP contribution < -0.4 is 0 Å². The van der Waals surface area contributed by atoms with E-state index >= 15 is 0 Å². The van der Waals surface area contributed by atoms with E-state index in [1.54, 1.807) is 0 Å². The zero-order valence-corrected chi connectivity index (χ0v) is 7.28. The van der Waals surface area contributed by atoms with Crippen molar-refractivity contribution in [1.29, 1.82) is 0 Å². The van der Waals surface area contributed by atoms with E-state index in [-0.39, 0.29) is 5.94 Å². The molecule has 0 saturated carbocycles. The minimum absolute atomic E-state index is 0.291. The molecule has 0 amide bonds. The van der Waals surface area contributed by atoms with Crippen LogP contribution in [0.4, 0.5) is 0 Å². The summed E-state index contributed by atoms with van der Waals surface area (Å²) in [5, 5.41) is 2.05. The molecule has 0 aliphatic heterocycles. The van der Waals surface area contributed by atoms with Crippen LogP contribution >= 0.6 is 0 Å². The van der Waals surface area contributed by atoms with Crippen molar-refractivity contribution >= 4 is 26.8 Å². The number of hydrogen-bond donors (Lipinski definition) is 0. The van der Waals surface area contributed by atoms with Crippen LogP contribution in [0.2, 0.25) is 0 Å². The van der Waals surface area contributed by atoms with Crippen molar-refractivity contribution in [3.63, 3.8) is 0 Å². The Labute approximate surface area is 69.4 Å². The fourth-order valence-corrected chi connectivity index (χ4v) is 1.18. The third kappa shape index (κ3) is 5.87. The molecule has 0 fully saturated rings. The van der Waals surface area contributed by atoms with Gasteiger partial charge in [0.15, 0.2) is 0 Å². The zero-order valence-electron chi connectivity index (χ0n) is 5.65. The van der Waals surface area contributed by atoms with Crippen molar-refractivity contribution in [3.05, 3.63) is 19.4 Å². The van der Waals surface area contributed by atoms with Gasteiger partial charge in [-0.25, -0.2) is 9.23 Å². The number of rotatable bonds is 5. The maximum atomic E-state index is 10.6. The molecule has 0 aromatic rings. The Morgan fingerprint density at radius 3 is 2.82 bits per heavy atom. The van der Waals surface area contributed by atoms with E-state index in [9.17, 15) is 8.42 Å². The van der Waals surface area contributed by atoms with Crippen LogP contribution in [0.5, 0.6) is 0 Å². The second-order valence-corrected chi connectivity index (χ2v) is 3.21. The Bertz CT molecular complexity index is 247. The lowest BCUT2D eigenvalue weighted by molar-refractivity contribution is 0.393. The molecular weight excluding hydrogens is 188 g/mol. The fraction of sp³-hybridized carbons (Fsp3) is 0.200. The Morgan fingerprint density at radius 2 is 2.36 bits per heavy atom. The summed E-state index contributed by atoms with van der Waals surface area (Å²) in [4.78, 5) is 0. The minimum Gasteiger partial charge on any atom is -0.432 e. The predicted molar refractivity (Wildman–Crippen MR) is 44.1 cm³/mol. The second-order valence-electron chi connectivity index (χ2n) is 1.18. The third-order valence-corrected chi connectivity index (χ3v) is 1.92. The molecule has 0 spiro atoms. The van der Waals surface area contributed by atoms with E-state index in [4.69, 9.17) is 0 Å². The molecule has 0 heterocycles. The lowest BCUT2D eigenvalue weighted by Crippen LogP contribution is -2.01. The summed E-state index contributed by atoms with van der Waals surface area (Å²) in [6.07, 6.45) is 1.01. The monoisotopic (exact) mass is 195 g/mol. The van der Waals surface area contributed by atoms with Crippen molar-refractivity contribution < 1.29 is 16.8 Å². The van der Waals surface area contributed by atoms with E-state index in [1.807, 2.05) is 5.02 Å². The molecule has 0 N–H and O–H groups in total. The first-order chi connectivity index (χ1) is 5.20. The molecule has 1 unspecified atom stereocenters. The van der Waals surface area contributed by atoms with E-state index in [2.05, 4.69) is 21.5 Å². The van der Waals surface area contributed by atoms with Gasteiger partial charge in [0.25, 0.3) is 0 Å². The molecule has 0 bridgehead atoms. The highest BCUT2D eigenvalue weighted by Crippen LogP contribution is 1.87. The van der Waals surface area contributed by atoms with Gasteiger partial charge in [0.1, 0.15) is 5.94 Å². The molecule has 64 valence electrons. The molecule has 0 radical (unpaired) electrons. The fourth-order valence-electron chi connectivity index (χ4n) is 0.228. The normalized spacial score (nSPS) is 12.1. The van der Waals surface area contributed by atoms with E-state index in [0.717, 1.165) is 6.26 Å². The van der Waals surface area contributed by atoms with Crippen molar-refractivity contribution in [2.45, 2.75) is 0 Å². The summed E-state index contributed by atoms with van der Waals surface area (Å²) in [5.74, 6) is -0.291. The van der Waals surface area contributed by atoms with Crippen LogP contribution in [0.3, 0.4) is 0 Å². The Hall–Kier alpha value is -0.550. The minimum atomic E-state index is -1.72. The van der Waals surface area contributed by atoms with Crippen LogP contribution in [-0.4, -0.2) is 15.2 Å². The first-order valence-electron chi connectivity index (χ1n) is 2.45. The predicted octanol–water partition coefficient (Wildman–Crippen LogP) is 0.250. The average Bonchev–Trinajstić information content (AvgIpc) is 2.01. The molecule has 0 aliphatic rings. The molecule has 0 aliphatic carbocycles. The molecular formula is C5H7O4S2-. The Morgan fingerprint density at radius 1 is 1.73 bits per heavy atom. The smallest absolute Gasteiger partial charge is 0.230 e. The zero-order chi connectivity index (χ0) is 8.69. The topological polar surface area (TPSA) is 52.6 Å². The summed E-state index contributed by atoms with van der Waals surface area (Å²) >= 11 is -1.64. The summed E-state index contributed by atoms with van der Waals surface area (Å²) in [6, 6.07) is 0. The van der Waals surface area contributed by atoms with Gasteiger partial charge in [0, 0.05) is 0 Å². The van der Waals surface area contributed by atoms with Gasteiger partial charge in [-0.1, -0.05) is 13.2 Å². The van der Waals surface area contributed by atoms with Gasteiger partial charge in [-0.15, -0.1) is 10.7 Å². The highest BCUT2D eigenvalue weighted by molar-refractivity contribution is 7.82. The third-order valence-electron chi connectivity index (χ3n) is 0.545. The van der Waals surface area contributed by atoms with Crippen molar-refractivity contribution in [2.24, 2.45) is 0 Å². The van der Waals surface area contributed by atoms with Crippen LogP contribution in [0.1, 0.15) is 0 Å². The molecule has 0 rings (SSSR count). The van der Waals surface area contributed by atoms with Crippen LogP contribution in [-0.2, 0) is 34.3 Å². The van der Waals surface area contributed by atoms with Gasteiger partial charge in [-0.05, 0) is 0 Å². The van der Waals surface area contributed by atoms with Crippen LogP contribution in [0.15, 0.2) is 19.4 Å². The Kier molecular flexibility index (Phi) is 5.87. The van der Waals surface area contributed by atoms with Crippen molar-refractivity contribution in [3.8, 4) is 0 Å². The van der Waals surface area contributed by atoms with Crippen LogP contribution in [0, 0.1) is 0 Å². The average molecular weight is 195 g/mol. The van der Waals surface area contributed by atoms with Gasteiger partial charge in [-0.3, -0.25) is 0 Å². The van der Waals surface area contributed by atoms with E-state index in [1.165, 1.54) is 0 Å². The van der Waals surface area contributed by atoms with Crippen molar-refractivity contribution in [1.82, 2.24) is 0 Å². The molecule has 0 aromatic carbocycles. The second kappa shape index (κ2) is 6.18. The highest BCUT2D eigenvalue weighted by Gasteiger charge is 1.91. The van der Waals surface area contributed by atoms with Gasteiger partial charge in [-0.2, -0.15) is 0 Å². The molecule has 11 heavy (non-hydrogen) atoms. The molecule has 6 heteroatoms. The summed E-state index contributed by atoms with van der Waals surface area (Å²) in [6.45, 7) is 6.25. The van der Waals surface area contributed by atoms with E-state index in [0.29, 0.717) is 0 Å². The highest BCUT2D eigenvalue weighted by atomic mass is 32.2. The van der Waals surface area contributed by atoms with Gasteiger partial charge < -0.3 is 12.6 Å². The molecule has 4 nitrogen and oxygen atoms in total. The molecule has 0 aromatic heterocycles. The van der Waals surface area contributed by atoms with E-state index < -0.39 is 21.7 Å². The maximum absolute atomic E-state index is 10.6. The first-order valence-corrected chi connectivity index (χ1v) is 4.76. The van der Waals surface area contributed by atoms with Gasteiger partial charge in [0.05, 0.1) is 6.26 Å². The molecule has 0 saturated heterocycles. The summed E-state index contributed by atoms with van der Waals surface area (Å²) < 4.78 is 29.8. The first kappa shape index (κ1) is 10.4. The summed E-state index contributed by atoms with van der Waals surface area (Å²) in [7, 11) is -1.72. The van der Waals surface area contributed by atoms with Gasteiger partial charge in [0.2, 0.25) is 11.1 Å². The largest absolute Gasteiger partial charge is 0.432 e. The lowest BCUT2D eigenvalue weighted by Gasteiger charge is -2.03. The standard InChI is InChI=1S/C5H7O4S2/c1-3-8-11(7)5-9-10(6)4-2/h3H,1-2,5H2/q-1. The quantitative estimate of drug-likeness (QED) is 0.358. The van der Waals surface area contributed by atoms with Gasteiger partial charge >= 0.3 is 0 Å². The summed E-state index contributed by atoms with van der Waals surface area (Å²) in [5.41, 5.74) is 0. The Balaban J connectivity index is 3.71. The lowest BCUT2D eigenvalue weighted by atomic mass is 11.2. The SMILES string of the molecule is C=C=[S-](=O)OCS(=O)OC=C. The maximum Gasteiger partial charge on any atom is 0.230 e. The van der Waals surface area contributed by atoms with Crippen LogP contribution in [0.25, 0.3) is 0 Å². The molecule has 1 atom stereocenters. The number of hydrogen-bond acceptors (Lipinski definition) is 5.